The summed E-state index contributed by atoms with van der Waals surface area (Å²) in [5.41, 5.74) is 1.22. The van der Waals surface area contributed by atoms with E-state index < -0.39 is 32.9 Å². The average Bonchev–Trinajstić information content (AvgIpc) is 3.01. The van der Waals surface area contributed by atoms with Crippen LogP contribution in [0.25, 0.3) is 11.0 Å². The van der Waals surface area contributed by atoms with Crippen molar-refractivity contribution in [1.82, 2.24) is 18.8 Å². The molecule has 180 valence electrons. The standard InChI is InChI=1S/C22H30N4O6S/c1-22(2,3)32-21(29)25-11-16(12-25)33(30,31)26-7-5-14(6-8-26)18-13-24(4)19-17(18)9-15(10-23-19)20(27)28/h9-10,13-14,16H,5-8,11-12H2,1-4H3,(H,27,28). The van der Waals surface area contributed by atoms with Gasteiger partial charge in [-0.2, -0.15) is 0 Å². The third-order valence-corrected chi connectivity index (χ3v) is 8.49. The maximum Gasteiger partial charge on any atom is 0.410 e. The Bertz CT molecular complexity index is 1190. The SMILES string of the molecule is Cn1cc(C2CCN(S(=O)(=O)C3CN(C(=O)OC(C)(C)C)C3)CC2)c2cc(C(=O)O)cnc21. The van der Waals surface area contributed by atoms with Crippen molar-refractivity contribution < 1.29 is 27.9 Å². The average molecular weight is 479 g/mol. The number of hydrogen-bond acceptors (Lipinski definition) is 6. The van der Waals surface area contributed by atoms with Crippen molar-refractivity contribution in [3.63, 3.8) is 0 Å². The Morgan fingerprint density at radius 2 is 1.82 bits per heavy atom. The van der Waals surface area contributed by atoms with Gasteiger partial charge in [0.15, 0.2) is 0 Å². The molecule has 1 N–H and O–H groups in total. The summed E-state index contributed by atoms with van der Waals surface area (Å²) in [7, 11) is -1.64. The van der Waals surface area contributed by atoms with Gasteiger partial charge in [-0.05, 0) is 51.2 Å². The number of carbonyl (C=O) groups excluding carboxylic acids is 1. The molecule has 2 saturated heterocycles. The minimum atomic E-state index is -3.51. The molecule has 2 aliphatic rings. The summed E-state index contributed by atoms with van der Waals surface area (Å²) < 4.78 is 34.8. The van der Waals surface area contributed by atoms with Gasteiger partial charge in [-0.1, -0.05) is 0 Å². The van der Waals surface area contributed by atoms with E-state index in [2.05, 4.69) is 4.98 Å². The normalized spacial score (nSPS) is 19.0. The summed E-state index contributed by atoms with van der Waals surface area (Å²) in [4.78, 5) is 29.2. The lowest BCUT2D eigenvalue weighted by molar-refractivity contribution is 0.0135. The van der Waals surface area contributed by atoms with Crippen LogP contribution in [0.4, 0.5) is 4.79 Å². The van der Waals surface area contributed by atoms with E-state index >= 15 is 0 Å². The zero-order valence-electron chi connectivity index (χ0n) is 19.3. The van der Waals surface area contributed by atoms with E-state index in [4.69, 9.17) is 4.74 Å². The largest absolute Gasteiger partial charge is 0.478 e. The van der Waals surface area contributed by atoms with Gasteiger partial charge in [0, 0.05) is 51.0 Å². The lowest BCUT2D eigenvalue weighted by Crippen LogP contribution is -2.61. The first-order valence-corrected chi connectivity index (χ1v) is 12.5. The number of nitrogens with zero attached hydrogens (tertiary/aromatic N) is 4. The third kappa shape index (κ3) is 4.56. The number of likely N-dealkylation sites (tertiary alicyclic amines) is 1. The van der Waals surface area contributed by atoms with E-state index in [1.165, 1.54) is 15.4 Å². The van der Waals surface area contributed by atoms with Gasteiger partial charge in [0.25, 0.3) is 0 Å². The molecule has 2 fully saturated rings. The highest BCUT2D eigenvalue weighted by molar-refractivity contribution is 7.89. The van der Waals surface area contributed by atoms with Gasteiger partial charge >= 0.3 is 12.1 Å². The van der Waals surface area contributed by atoms with Crippen molar-refractivity contribution in [1.29, 1.82) is 0 Å². The molecule has 0 unspecified atom stereocenters. The smallest absolute Gasteiger partial charge is 0.410 e. The van der Waals surface area contributed by atoms with E-state index in [1.807, 2.05) is 17.8 Å². The second-order valence-corrected chi connectivity index (χ2v) is 12.0. The van der Waals surface area contributed by atoms with Crippen LogP contribution in [-0.4, -0.2) is 81.4 Å². The number of ether oxygens (including phenoxy) is 1. The van der Waals surface area contributed by atoms with E-state index in [9.17, 15) is 23.1 Å². The van der Waals surface area contributed by atoms with Crippen molar-refractivity contribution in [2.45, 2.75) is 50.4 Å². The summed E-state index contributed by atoms with van der Waals surface area (Å²) >= 11 is 0. The van der Waals surface area contributed by atoms with E-state index in [1.54, 1.807) is 26.8 Å². The van der Waals surface area contributed by atoms with Gasteiger partial charge in [0.05, 0.1) is 5.56 Å². The maximum atomic E-state index is 13.1. The highest BCUT2D eigenvalue weighted by atomic mass is 32.2. The van der Waals surface area contributed by atoms with Crippen LogP contribution in [0.5, 0.6) is 0 Å². The summed E-state index contributed by atoms with van der Waals surface area (Å²) in [6, 6.07) is 1.64. The Morgan fingerprint density at radius 1 is 1.18 bits per heavy atom. The molecule has 0 saturated carbocycles. The molecule has 4 heterocycles. The van der Waals surface area contributed by atoms with Crippen LogP contribution in [0.1, 0.15) is 55.5 Å². The first-order valence-electron chi connectivity index (χ1n) is 11.0. The summed E-state index contributed by atoms with van der Waals surface area (Å²) in [6.07, 6.45) is 4.10. The first kappa shape index (κ1) is 23.5. The molecule has 4 rings (SSSR count). The fraction of sp³-hybridized carbons (Fsp3) is 0.591. The van der Waals surface area contributed by atoms with Gasteiger partial charge < -0.3 is 19.3 Å². The van der Waals surface area contributed by atoms with E-state index in [0.717, 1.165) is 10.9 Å². The molecule has 11 heteroatoms. The number of piperidine rings is 1. The molecular formula is C22H30N4O6S. The van der Waals surface area contributed by atoms with Crippen LogP contribution in [-0.2, 0) is 21.8 Å². The predicted molar refractivity (Wildman–Crippen MR) is 122 cm³/mol. The number of carboxylic acids is 1. The predicted octanol–water partition coefficient (Wildman–Crippen LogP) is 2.40. The number of aromatic nitrogens is 2. The summed E-state index contributed by atoms with van der Waals surface area (Å²) in [6.45, 7) is 6.39. The number of aromatic carboxylic acids is 1. The molecule has 2 aromatic heterocycles. The number of rotatable bonds is 4. The first-order chi connectivity index (χ1) is 15.4. The number of fused-ring (bicyclic) bond motifs is 1. The number of carbonyl (C=O) groups is 2. The van der Waals surface area contributed by atoms with Gasteiger partial charge in [0.2, 0.25) is 10.0 Å². The fourth-order valence-electron chi connectivity index (χ4n) is 4.47. The molecule has 1 amide bonds. The number of carboxylic acid groups (broad SMARTS) is 1. The van der Waals surface area contributed by atoms with Gasteiger partial charge in [-0.25, -0.2) is 27.3 Å². The minimum Gasteiger partial charge on any atom is -0.478 e. The van der Waals surface area contributed by atoms with Crippen LogP contribution < -0.4 is 0 Å². The Morgan fingerprint density at radius 3 is 2.39 bits per heavy atom. The molecular weight excluding hydrogens is 448 g/mol. The second-order valence-electron chi connectivity index (χ2n) is 9.82. The van der Waals surface area contributed by atoms with Gasteiger partial charge in [0.1, 0.15) is 16.5 Å². The van der Waals surface area contributed by atoms with Crippen LogP contribution in [0.15, 0.2) is 18.5 Å². The topological polar surface area (TPSA) is 122 Å². The van der Waals surface area contributed by atoms with Crippen LogP contribution >= 0.6 is 0 Å². The van der Waals surface area contributed by atoms with Crippen molar-refractivity contribution in [2.24, 2.45) is 7.05 Å². The van der Waals surface area contributed by atoms with Crippen LogP contribution in [0.3, 0.4) is 0 Å². The Labute approximate surface area is 193 Å². The molecule has 0 atom stereocenters. The van der Waals surface area contributed by atoms with Crippen LogP contribution in [0, 0.1) is 0 Å². The van der Waals surface area contributed by atoms with Crippen molar-refractivity contribution in [3.8, 4) is 0 Å². The highest BCUT2D eigenvalue weighted by Gasteiger charge is 2.45. The maximum absolute atomic E-state index is 13.1. The number of aryl methyl sites for hydroxylation is 1. The molecule has 2 aliphatic heterocycles. The second kappa shape index (κ2) is 8.28. The monoisotopic (exact) mass is 478 g/mol. The van der Waals surface area contributed by atoms with Gasteiger partial charge in [-0.15, -0.1) is 0 Å². The Balaban J connectivity index is 1.41. The molecule has 0 bridgehead atoms. The number of hydrogen-bond donors (Lipinski definition) is 1. The molecule has 0 radical (unpaired) electrons. The highest BCUT2D eigenvalue weighted by Crippen LogP contribution is 2.35. The van der Waals surface area contributed by atoms with Crippen molar-refractivity contribution in [2.75, 3.05) is 26.2 Å². The van der Waals surface area contributed by atoms with Crippen LogP contribution in [0.2, 0.25) is 0 Å². The summed E-state index contributed by atoms with van der Waals surface area (Å²) in [5, 5.41) is 9.50. The zero-order chi connectivity index (χ0) is 24.1. The lowest BCUT2D eigenvalue weighted by Gasteiger charge is -2.42. The van der Waals surface area contributed by atoms with Crippen molar-refractivity contribution >= 4 is 33.1 Å². The molecule has 0 spiro atoms. The molecule has 33 heavy (non-hydrogen) atoms. The van der Waals surface area contributed by atoms with Gasteiger partial charge in [-0.3, -0.25) is 0 Å². The lowest BCUT2D eigenvalue weighted by atomic mass is 9.90. The molecule has 2 aromatic rings. The Hall–Kier alpha value is -2.66. The zero-order valence-corrected chi connectivity index (χ0v) is 20.1. The molecule has 0 aromatic carbocycles. The molecule has 10 nitrogen and oxygen atoms in total. The van der Waals surface area contributed by atoms with Crippen molar-refractivity contribution in [3.05, 3.63) is 29.6 Å². The number of pyridine rings is 1. The Kier molecular flexibility index (Phi) is 5.90. The third-order valence-electron chi connectivity index (χ3n) is 6.27. The quantitative estimate of drug-likeness (QED) is 0.716. The van der Waals surface area contributed by atoms with E-state index in [-0.39, 0.29) is 24.6 Å². The number of sulfonamides is 1. The summed E-state index contributed by atoms with van der Waals surface area (Å²) in [5.74, 6) is -0.910. The number of amides is 1. The van der Waals surface area contributed by atoms with E-state index in [0.29, 0.717) is 31.6 Å². The minimum absolute atomic E-state index is 0.116. The fourth-order valence-corrected chi connectivity index (χ4v) is 6.34. The molecule has 0 aliphatic carbocycles.